The molecule has 3 aromatic carbocycles. The van der Waals surface area contributed by atoms with E-state index in [0.717, 1.165) is 28.8 Å². The van der Waals surface area contributed by atoms with Crippen LogP contribution in [0.25, 0.3) is 28.1 Å². The molecule has 0 radical (unpaired) electrons. The molecule has 1 unspecified atom stereocenters. The topological polar surface area (TPSA) is 58.4 Å². The smallest absolute Gasteiger partial charge is 0.320 e. The highest BCUT2D eigenvalue weighted by molar-refractivity contribution is 5.74. The van der Waals surface area contributed by atoms with Crippen molar-refractivity contribution in [2.75, 3.05) is 6.54 Å². The minimum Gasteiger partial charge on any atom is -0.480 e. The summed E-state index contributed by atoms with van der Waals surface area (Å²) < 4.78 is 16.6. The van der Waals surface area contributed by atoms with E-state index in [-0.39, 0.29) is 5.82 Å². The van der Waals surface area contributed by atoms with Crippen LogP contribution in [0.1, 0.15) is 18.4 Å². The van der Waals surface area contributed by atoms with Gasteiger partial charge in [-0.1, -0.05) is 54.6 Å². The lowest BCUT2D eigenvalue weighted by Gasteiger charge is -2.21. The van der Waals surface area contributed by atoms with Crippen molar-refractivity contribution in [3.63, 3.8) is 0 Å². The first kappa shape index (κ1) is 21.1. The molecule has 1 atom stereocenters. The van der Waals surface area contributed by atoms with E-state index in [2.05, 4.69) is 17.2 Å². The Morgan fingerprint density at radius 2 is 1.67 bits per heavy atom. The summed E-state index contributed by atoms with van der Waals surface area (Å²) in [6, 6.07) is 24.2. The fourth-order valence-electron chi connectivity index (χ4n) is 4.57. The van der Waals surface area contributed by atoms with E-state index in [0.29, 0.717) is 30.8 Å². The van der Waals surface area contributed by atoms with Crippen molar-refractivity contribution in [3.8, 4) is 28.1 Å². The van der Waals surface area contributed by atoms with E-state index in [1.807, 2.05) is 47.4 Å². The van der Waals surface area contributed by atoms with Crippen molar-refractivity contribution in [3.05, 3.63) is 96.4 Å². The molecule has 5 rings (SSSR count). The molecule has 1 saturated heterocycles. The number of halogens is 1. The zero-order chi connectivity index (χ0) is 22.8. The molecule has 1 N–H and O–H groups in total. The lowest BCUT2D eigenvalue weighted by Crippen LogP contribution is -2.35. The van der Waals surface area contributed by atoms with E-state index in [4.69, 9.17) is 0 Å². The van der Waals surface area contributed by atoms with Gasteiger partial charge in [0.1, 0.15) is 11.9 Å². The van der Waals surface area contributed by atoms with Crippen molar-refractivity contribution >= 4 is 5.97 Å². The van der Waals surface area contributed by atoms with E-state index in [1.54, 1.807) is 29.1 Å². The van der Waals surface area contributed by atoms with Crippen LogP contribution < -0.4 is 0 Å². The second kappa shape index (κ2) is 9.00. The number of hydrogen-bond acceptors (Lipinski definition) is 3. The van der Waals surface area contributed by atoms with Crippen LogP contribution in [-0.4, -0.2) is 38.3 Å². The van der Waals surface area contributed by atoms with Crippen LogP contribution in [0, 0.1) is 5.82 Å². The fourth-order valence-corrected chi connectivity index (χ4v) is 4.57. The van der Waals surface area contributed by atoms with Gasteiger partial charge in [-0.05, 0) is 54.8 Å². The number of benzene rings is 3. The standard InChI is InChI=1S/C27H24FN3O2/c28-24-10-5-4-9-23(24)26-21(18-30-16-6-11-25(30)27(32)33)17-29-31(26)22-14-12-20(13-15-22)19-7-2-1-3-8-19/h1-5,7-10,12-15,17,25H,6,11,16,18H2,(H,32,33). The van der Waals surface area contributed by atoms with Crippen LogP contribution in [0.2, 0.25) is 0 Å². The van der Waals surface area contributed by atoms with Crippen molar-refractivity contribution < 1.29 is 14.3 Å². The lowest BCUT2D eigenvalue weighted by atomic mass is 10.0. The van der Waals surface area contributed by atoms with E-state index in [1.165, 1.54) is 6.07 Å². The number of aromatic nitrogens is 2. The van der Waals surface area contributed by atoms with Crippen molar-refractivity contribution in [1.29, 1.82) is 0 Å². The summed E-state index contributed by atoms with van der Waals surface area (Å²) in [7, 11) is 0. The highest BCUT2D eigenvalue weighted by Gasteiger charge is 2.31. The van der Waals surface area contributed by atoms with Gasteiger partial charge in [-0.2, -0.15) is 5.10 Å². The number of carboxylic acid groups (broad SMARTS) is 1. The Kier molecular flexibility index (Phi) is 5.75. The molecule has 5 nitrogen and oxygen atoms in total. The van der Waals surface area contributed by atoms with Gasteiger partial charge in [-0.15, -0.1) is 0 Å². The third-order valence-electron chi connectivity index (χ3n) is 6.22. The summed E-state index contributed by atoms with van der Waals surface area (Å²) in [5, 5.41) is 14.2. The number of nitrogens with zero attached hydrogens (tertiary/aromatic N) is 3. The monoisotopic (exact) mass is 441 g/mol. The van der Waals surface area contributed by atoms with Crippen LogP contribution in [0.3, 0.4) is 0 Å². The fraction of sp³-hybridized carbons (Fsp3) is 0.185. The molecule has 1 aromatic heterocycles. The first-order chi connectivity index (χ1) is 16.1. The number of carboxylic acids is 1. The minimum absolute atomic E-state index is 0.336. The molecule has 33 heavy (non-hydrogen) atoms. The van der Waals surface area contributed by atoms with Crippen molar-refractivity contribution in [2.24, 2.45) is 0 Å². The Hall–Kier alpha value is -3.77. The molecule has 4 aromatic rings. The molecule has 1 fully saturated rings. The molecule has 0 spiro atoms. The molecule has 2 heterocycles. The SMILES string of the molecule is O=C(O)C1CCCN1Cc1cnn(-c2ccc(-c3ccccc3)cc2)c1-c1ccccc1F. The molecule has 166 valence electrons. The lowest BCUT2D eigenvalue weighted by molar-refractivity contribution is -0.142. The molecule has 0 saturated carbocycles. The Bertz CT molecular complexity index is 1270. The van der Waals surface area contributed by atoms with E-state index < -0.39 is 12.0 Å². The zero-order valence-electron chi connectivity index (χ0n) is 18.1. The predicted molar refractivity (Wildman–Crippen MR) is 125 cm³/mol. The van der Waals surface area contributed by atoms with Crippen molar-refractivity contribution in [2.45, 2.75) is 25.4 Å². The summed E-state index contributed by atoms with van der Waals surface area (Å²) >= 11 is 0. The summed E-state index contributed by atoms with van der Waals surface area (Å²) in [5.41, 5.74) is 4.92. The normalized spacial score (nSPS) is 16.2. The number of aliphatic carboxylic acids is 1. The Balaban J connectivity index is 1.55. The van der Waals surface area contributed by atoms with Gasteiger partial charge in [0.05, 0.1) is 17.6 Å². The van der Waals surface area contributed by atoms with Gasteiger partial charge in [-0.3, -0.25) is 9.69 Å². The second-order valence-electron chi connectivity index (χ2n) is 8.29. The maximum Gasteiger partial charge on any atom is 0.320 e. The number of rotatable bonds is 6. The third kappa shape index (κ3) is 4.17. The van der Waals surface area contributed by atoms with Gasteiger partial charge in [0.15, 0.2) is 0 Å². The average Bonchev–Trinajstić information content (AvgIpc) is 3.48. The van der Waals surface area contributed by atoms with Crippen LogP contribution in [-0.2, 0) is 11.3 Å². The maximum atomic E-state index is 14.9. The molecule has 0 amide bonds. The van der Waals surface area contributed by atoms with Crippen LogP contribution in [0.4, 0.5) is 4.39 Å². The van der Waals surface area contributed by atoms with Gasteiger partial charge in [-0.25, -0.2) is 9.07 Å². The van der Waals surface area contributed by atoms with Gasteiger partial charge >= 0.3 is 5.97 Å². The molecule has 0 aliphatic carbocycles. The predicted octanol–water partition coefficient (Wildman–Crippen LogP) is 5.39. The molecule has 1 aliphatic heterocycles. The highest BCUT2D eigenvalue weighted by Crippen LogP contribution is 2.32. The molecular formula is C27H24FN3O2. The van der Waals surface area contributed by atoms with Crippen LogP contribution in [0.5, 0.6) is 0 Å². The minimum atomic E-state index is -0.816. The molecule has 1 aliphatic rings. The maximum absolute atomic E-state index is 14.9. The van der Waals surface area contributed by atoms with Gasteiger partial charge in [0, 0.05) is 17.7 Å². The van der Waals surface area contributed by atoms with E-state index in [9.17, 15) is 14.3 Å². The van der Waals surface area contributed by atoms with Crippen LogP contribution in [0.15, 0.2) is 85.1 Å². The zero-order valence-corrected chi connectivity index (χ0v) is 18.1. The summed E-state index contributed by atoms with van der Waals surface area (Å²) in [6.45, 7) is 1.10. The van der Waals surface area contributed by atoms with Gasteiger partial charge < -0.3 is 5.11 Å². The largest absolute Gasteiger partial charge is 0.480 e. The number of likely N-dealkylation sites (tertiary alicyclic amines) is 1. The average molecular weight is 442 g/mol. The quantitative estimate of drug-likeness (QED) is 0.436. The highest BCUT2D eigenvalue weighted by atomic mass is 19.1. The first-order valence-corrected chi connectivity index (χ1v) is 11.1. The Morgan fingerprint density at radius 1 is 0.970 bits per heavy atom. The van der Waals surface area contributed by atoms with Crippen molar-refractivity contribution in [1.82, 2.24) is 14.7 Å². The summed E-state index contributed by atoms with van der Waals surface area (Å²) in [6.07, 6.45) is 3.19. The summed E-state index contributed by atoms with van der Waals surface area (Å²) in [4.78, 5) is 13.6. The summed E-state index contributed by atoms with van der Waals surface area (Å²) in [5.74, 6) is -1.15. The third-order valence-corrected chi connectivity index (χ3v) is 6.22. The van der Waals surface area contributed by atoms with Crippen LogP contribution >= 0.6 is 0 Å². The number of hydrogen-bond donors (Lipinski definition) is 1. The first-order valence-electron chi connectivity index (χ1n) is 11.1. The molecular weight excluding hydrogens is 417 g/mol. The number of carbonyl (C=O) groups is 1. The Labute approximate surface area is 191 Å². The van der Waals surface area contributed by atoms with Gasteiger partial charge in [0.2, 0.25) is 0 Å². The molecule has 0 bridgehead atoms. The molecule has 6 heteroatoms. The van der Waals surface area contributed by atoms with Gasteiger partial charge in [0.25, 0.3) is 0 Å². The van der Waals surface area contributed by atoms with E-state index >= 15 is 0 Å². The Morgan fingerprint density at radius 3 is 2.39 bits per heavy atom. The second-order valence-corrected chi connectivity index (χ2v) is 8.29.